The Bertz CT molecular complexity index is 162. The van der Waals surface area contributed by atoms with Gasteiger partial charge in [-0.3, -0.25) is 0 Å². The average molecular weight is 231 g/mol. The molecule has 4 heteroatoms. The highest BCUT2D eigenvalue weighted by atomic mass is 16.5. The van der Waals surface area contributed by atoms with E-state index in [9.17, 15) is 0 Å². The van der Waals surface area contributed by atoms with Crippen LogP contribution in [0.1, 0.15) is 19.3 Å². The standard InChI is InChI=1S/C12H25NO3/c1-13(11-12-3-2-4-12)5-7-15-9-10-16-8-6-14/h12,14H,2-11H2,1H3. The van der Waals surface area contributed by atoms with Gasteiger partial charge in [0.2, 0.25) is 0 Å². The molecule has 0 aromatic heterocycles. The van der Waals surface area contributed by atoms with E-state index in [4.69, 9.17) is 14.6 Å². The minimum absolute atomic E-state index is 0.0874. The van der Waals surface area contributed by atoms with Crippen LogP contribution in [0.15, 0.2) is 0 Å². The largest absolute Gasteiger partial charge is 0.394 e. The van der Waals surface area contributed by atoms with Gasteiger partial charge in [0.1, 0.15) is 0 Å². The second kappa shape index (κ2) is 8.93. The van der Waals surface area contributed by atoms with Gasteiger partial charge in [0.05, 0.1) is 33.0 Å². The molecule has 16 heavy (non-hydrogen) atoms. The number of hydrogen-bond donors (Lipinski definition) is 1. The van der Waals surface area contributed by atoms with Crippen LogP contribution in [0, 0.1) is 5.92 Å². The van der Waals surface area contributed by atoms with Crippen LogP contribution in [0.25, 0.3) is 0 Å². The van der Waals surface area contributed by atoms with Gasteiger partial charge in [0.15, 0.2) is 0 Å². The predicted octanol–water partition coefficient (Wildman–Crippen LogP) is 0.744. The van der Waals surface area contributed by atoms with Gasteiger partial charge in [0.25, 0.3) is 0 Å². The Hall–Kier alpha value is -0.160. The molecule has 0 atom stereocenters. The Morgan fingerprint density at radius 1 is 1.12 bits per heavy atom. The lowest BCUT2D eigenvalue weighted by molar-refractivity contribution is 0.0265. The molecule has 0 amide bonds. The van der Waals surface area contributed by atoms with E-state index in [1.165, 1.54) is 25.8 Å². The lowest BCUT2D eigenvalue weighted by atomic mass is 9.85. The third kappa shape index (κ3) is 6.43. The number of rotatable bonds is 10. The SMILES string of the molecule is CN(CCOCCOCCO)CC1CCC1. The monoisotopic (exact) mass is 231 g/mol. The summed E-state index contributed by atoms with van der Waals surface area (Å²) < 4.78 is 10.5. The molecule has 0 saturated heterocycles. The van der Waals surface area contributed by atoms with E-state index in [-0.39, 0.29) is 6.61 Å². The van der Waals surface area contributed by atoms with Crippen molar-refractivity contribution >= 4 is 0 Å². The van der Waals surface area contributed by atoms with Gasteiger partial charge < -0.3 is 19.5 Å². The Labute approximate surface area is 98.5 Å². The van der Waals surface area contributed by atoms with Crippen LogP contribution < -0.4 is 0 Å². The summed E-state index contributed by atoms with van der Waals surface area (Å²) in [4.78, 5) is 2.35. The summed E-state index contributed by atoms with van der Waals surface area (Å²) >= 11 is 0. The highest BCUT2D eigenvalue weighted by Gasteiger charge is 2.18. The summed E-state index contributed by atoms with van der Waals surface area (Å²) in [5.74, 6) is 0.929. The zero-order valence-corrected chi connectivity index (χ0v) is 10.4. The molecule has 0 radical (unpaired) electrons. The smallest absolute Gasteiger partial charge is 0.0701 e. The zero-order chi connectivity index (χ0) is 11.6. The second-order valence-corrected chi connectivity index (χ2v) is 4.51. The maximum absolute atomic E-state index is 8.48. The van der Waals surface area contributed by atoms with Crippen molar-refractivity contribution in [2.24, 2.45) is 5.92 Å². The molecule has 0 heterocycles. The normalized spacial score (nSPS) is 16.7. The third-order valence-electron chi connectivity index (χ3n) is 3.02. The van der Waals surface area contributed by atoms with Crippen LogP contribution >= 0.6 is 0 Å². The van der Waals surface area contributed by atoms with Crippen molar-refractivity contribution in [3.63, 3.8) is 0 Å². The molecule has 96 valence electrons. The zero-order valence-electron chi connectivity index (χ0n) is 10.4. The fraction of sp³-hybridized carbons (Fsp3) is 1.00. The third-order valence-corrected chi connectivity index (χ3v) is 3.02. The second-order valence-electron chi connectivity index (χ2n) is 4.51. The van der Waals surface area contributed by atoms with E-state index in [1.54, 1.807) is 0 Å². The lowest BCUT2D eigenvalue weighted by Crippen LogP contribution is -2.32. The van der Waals surface area contributed by atoms with Crippen LogP contribution in [0.2, 0.25) is 0 Å². The summed E-state index contributed by atoms with van der Waals surface area (Å²) in [5.41, 5.74) is 0. The molecular weight excluding hydrogens is 206 g/mol. The van der Waals surface area contributed by atoms with E-state index in [1.807, 2.05) is 0 Å². The van der Waals surface area contributed by atoms with Crippen molar-refractivity contribution in [3.05, 3.63) is 0 Å². The first-order valence-electron chi connectivity index (χ1n) is 6.28. The van der Waals surface area contributed by atoms with E-state index < -0.39 is 0 Å². The summed E-state index contributed by atoms with van der Waals surface area (Å²) in [6.45, 7) is 4.67. The number of likely N-dealkylation sites (N-methyl/N-ethyl adjacent to an activating group) is 1. The summed E-state index contributed by atoms with van der Waals surface area (Å²) in [5, 5.41) is 8.48. The molecule has 1 fully saturated rings. The molecular formula is C12H25NO3. The molecule has 1 aliphatic rings. The molecule has 1 saturated carbocycles. The van der Waals surface area contributed by atoms with Crippen molar-refractivity contribution in [2.75, 3.05) is 53.2 Å². The van der Waals surface area contributed by atoms with Gasteiger partial charge in [-0.15, -0.1) is 0 Å². The molecule has 0 aromatic carbocycles. The van der Waals surface area contributed by atoms with E-state index in [0.717, 1.165) is 19.1 Å². The fourth-order valence-electron chi connectivity index (χ4n) is 1.81. The first kappa shape index (κ1) is 13.9. The van der Waals surface area contributed by atoms with Gasteiger partial charge in [-0.05, 0) is 25.8 Å². The Balaban J connectivity index is 1.78. The van der Waals surface area contributed by atoms with Crippen molar-refractivity contribution in [2.45, 2.75) is 19.3 Å². The number of aliphatic hydroxyl groups excluding tert-OH is 1. The molecule has 0 unspecified atom stereocenters. The molecule has 1 aliphatic carbocycles. The Kier molecular flexibility index (Phi) is 7.76. The van der Waals surface area contributed by atoms with E-state index >= 15 is 0 Å². The van der Waals surface area contributed by atoms with Crippen LogP contribution in [0.4, 0.5) is 0 Å². The number of nitrogens with zero attached hydrogens (tertiary/aromatic N) is 1. The van der Waals surface area contributed by atoms with E-state index in [2.05, 4.69) is 11.9 Å². The highest BCUT2D eigenvalue weighted by Crippen LogP contribution is 2.26. The van der Waals surface area contributed by atoms with Crippen LogP contribution in [0.5, 0.6) is 0 Å². The minimum Gasteiger partial charge on any atom is -0.394 e. The molecule has 0 aromatic rings. The highest BCUT2D eigenvalue weighted by molar-refractivity contribution is 4.72. The number of ether oxygens (including phenoxy) is 2. The molecule has 0 spiro atoms. The summed E-state index contributed by atoms with van der Waals surface area (Å²) in [7, 11) is 2.16. The molecule has 4 nitrogen and oxygen atoms in total. The Morgan fingerprint density at radius 2 is 1.81 bits per heavy atom. The van der Waals surface area contributed by atoms with Gasteiger partial charge >= 0.3 is 0 Å². The summed E-state index contributed by atoms with van der Waals surface area (Å²) in [6, 6.07) is 0. The minimum atomic E-state index is 0.0874. The Morgan fingerprint density at radius 3 is 2.38 bits per heavy atom. The molecule has 1 rings (SSSR count). The van der Waals surface area contributed by atoms with Gasteiger partial charge in [0, 0.05) is 13.1 Å². The maximum atomic E-state index is 8.48. The number of aliphatic hydroxyl groups is 1. The topological polar surface area (TPSA) is 41.9 Å². The van der Waals surface area contributed by atoms with Crippen molar-refractivity contribution in [1.82, 2.24) is 4.90 Å². The predicted molar refractivity (Wildman–Crippen MR) is 63.6 cm³/mol. The van der Waals surface area contributed by atoms with Crippen molar-refractivity contribution < 1.29 is 14.6 Å². The van der Waals surface area contributed by atoms with Crippen molar-refractivity contribution in [3.8, 4) is 0 Å². The van der Waals surface area contributed by atoms with Crippen molar-refractivity contribution in [1.29, 1.82) is 0 Å². The van der Waals surface area contributed by atoms with Crippen LogP contribution in [-0.4, -0.2) is 63.2 Å². The van der Waals surface area contributed by atoms with Crippen LogP contribution in [0.3, 0.4) is 0 Å². The number of hydrogen-bond acceptors (Lipinski definition) is 4. The van der Waals surface area contributed by atoms with Gasteiger partial charge in [-0.25, -0.2) is 0 Å². The lowest BCUT2D eigenvalue weighted by Gasteiger charge is -2.30. The molecule has 1 N–H and O–H groups in total. The average Bonchev–Trinajstić information content (AvgIpc) is 2.22. The fourth-order valence-corrected chi connectivity index (χ4v) is 1.81. The molecule has 0 aliphatic heterocycles. The molecule has 0 bridgehead atoms. The van der Waals surface area contributed by atoms with Crippen LogP contribution in [-0.2, 0) is 9.47 Å². The van der Waals surface area contributed by atoms with Gasteiger partial charge in [-0.1, -0.05) is 6.42 Å². The first-order chi connectivity index (χ1) is 7.83. The van der Waals surface area contributed by atoms with Gasteiger partial charge in [-0.2, -0.15) is 0 Å². The summed E-state index contributed by atoms with van der Waals surface area (Å²) in [6.07, 6.45) is 4.22. The van der Waals surface area contributed by atoms with E-state index in [0.29, 0.717) is 19.8 Å². The first-order valence-corrected chi connectivity index (χ1v) is 6.28. The maximum Gasteiger partial charge on any atom is 0.0701 e. The quantitative estimate of drug-likeness (QED) is 0.563.